The number of fused-ring (bicyclic) bond motifs is 2. The van der Waals surface area contributed by atoms with Crippen LogP contribution in [0.3, 0.4) is 0 Å². The molecule has 4 aromatic rings. The van der Waals surface area contributed by atoms with Crippen molar-refractivity contribution in [1.29, 1.82) is 0 Å². The summed E-state index contributed by atoms with van der Waals surface area (Å²) in [7, 11) is 0. The second-order valence-electron chi connectivity index (χ2n) is 5.23. The average molecular weight is 277 g/mol. The van der Waals surface area contributed by atoms with Crippen LogP contribution in [0.15, 0.2) is 78.9 Å². The highest BCUT2D eigenvalue weighted by Gasteiger charge is 1.98. The van der Waals surface area contributed by atoms with Crippen LogP contribution >= 0.6 is 0 Å². The Balaban J connectivity index is 1.88. The Hall–Kier alpha value is -3.04. The summed E-state index contributed by atoms with van der Waals surface area (Å²) in [5, 5.41) is 4.77. The summed E-state index contributed by atoms with van der Waals surface area (Å²) in [6.07, 6.45) is 0. The van der Waals surface area contributed by atoms with Crippen LogP contribution in [0.2, 0.25) is 0 Å². The number of rotatable bonds is 0. The van der Waals surface area contributed by atoms with E-state index in [1.165, 1.54) is 21.5 Å². The molecule has 22 heavy (non-hydrogen) atoms. The van der Waals surface area contributed by atoms with E-state index in [0.29, 0.717) is 0 Å². The largest absolute Gasteiger partial charge is 0.0616 e. The predicted molar refractivity (Wildman–Crippen MR) is 92.7 cm³/mol. The van der Waals surface area contributed by atoms with Crippen molar-refractivity contribution in [2.24, 2.45) is 0 Å². The standard InChI is InChI=1S/C22H13/c1-3-13-21-17(7-1)9-5-11-19(21)15-16-20-12-6-10-18-8-2-4-14-22(18)20/h1-5,7-14H. The van der Waals surface area contributed by atoms with Gasteiger partial charge in [-0.05, 0) is 45.8 Å². The van der Waals surface area contributed by atoms with Gasteiger partial charge in [0.15, 0.2) is 0 Å². The van der Waals surface area contributed by atoms with Crippen molar-refractivity contribution in [2.45, 2.75) is 0 Å². The maximum atomic E-state index is 3.33. The molecule has 101 valence electrons. The Labute approximate surface area is 130 Å². The molecular weight excluding hydrogens is 264 g/mol. The predicted octanol–water partition coefficient (Wildman–Crippen LogP) is 5.19. The van der Waals surface area contributed by atoms with Gasteiger partial charge in [0, 0.05) is 11.1 Å². The average Bonchev–Trinajstić information content (AvgIpc) is 2.60. The minimum atomic E-state index is 1.02. The van der Waals surface area contributed by atoms with Crippen molar-refractivity contribution in [3.05, 3.63) is 96.1 Å². The zero-order valence-corrected chi connectivity index (χ0v) is 12.0. The monoisotopic (exact) mass is 277 g/mol. The molecule has 0 fully saturated rings. The molecule has 0 heterocycles. The SMILES string of the molecule is C(#Cc1cccc2ccccc12)c1c[c]cc2ccccc12. The summed E-state index contributed by atoms with van der Waals surface area (Å²) < 4.78 is 0. The minimum absolute atomic E-state index is 1.02. The molecule has 0 saturated carbocycles. The third-order valence-electron chi connectivity index (χ3n) is 3.84. The van der Waals surface area contributed by atoms with Crippen LogP contribution in [0.5, 0.6) is 0 Å². The van der Waals surface area contributed by atoms with E-state index in [1.54, 1.807) is 0 Å². The van der Waals surface area contributed by atoms with Crippen molar-refractivity contribution in [2.75, 3.05) is 0 Å². The molecule has 0 N–H and O–H groups in total. The lowest BCUT2D eigenvalue weighted by Crippen LogP contribution is -1.81. The molecule has 0 unspecified atom stereocenters. The van der Waals surface area contributed by atoms with Gasteiger partial charge in [-0.25, -0.2) is 0 Å². The first-order valence-corrected chi connectivity index (χ1v) is 7.30. The van der Waals surface area contributed by atoms with E-state index in [1.807, 2.05) is 24.3 Å². The molecule has 0 aliphatic rings. The number of benzene rings is 4. The van der Waals surface area contributed by atoms with Crippen molar-refractivity contribution >= 4 is 21.5 Å². The molecule has 0 aliphatic heterocycles. The van der Waals surface area contributed by atoms with E-state index in [0.717, 1.165) is 11.1 Å². The van der Waals surface area contributed by atoms with Gasteiger partial charge in [0.1, 0.15) is 0 Å². The van der Waals surface area contributed by atoms with Crippen LogP contribution < -0.4 is 0 Å². The highest BCUT2D eigenvalue weighted by Crippen LogP contribution is 2.19. The lowest BCUT2D eigenvalue weighted by Gasteiger charge is -2.01. The normalized spacial score (nSPS) is 10.4. The molecule has 0 bridgehead atoms. The summed E-state index contributed by atoms with van der Waals surface area (Å²) in [5.74, 6) is 6.64. The number of hydrogen-bond acceptors (Lipinski definition) is 0. The molecule has 0 aliphatic carbocycles. The lowest BCUT2D eigenvalue weighted by atomic mass is 10.0. The Morgan fingerprint density at radius 3 is 2.05 bits per heavy atom. The van der Waals surface area contributed by atoms with Gasteiger partial charge in [0.2, 0.25) is 0 Å². The molecule has 4 rings (SSSR count). The third kappa shape index (κ3) is 2.24. The van der Waals surface area contributed by atoms with Gasteiger partial charge in [-0.2, -0.15) is 0 Å². The summed E-state index contributed by atoms with van der Waals surface area (Å²) >= 11 is 0. The van der Waals surface area contributed by atoms with Gasteiger partial charge in [0.05, 0.1) is 0 Å². The molecule has 0 nitrogen and oxygen atoms in total. The topological polar surface area (TPSA) is 0 Å². The minimum Gasteiger partial charge on any atom is -0.0616 e. The van der Waals surface area contributed by atoms with Gasteiger partial charge < -0.3 is 0 Å². The summed E-state index contributed by atoms with van der Waals surface area (Å²) in [6.45, 7) is 0. The van der Waals surface area contributed by atoms with Gasteiger partial charge in [-0.3, -0.25) is 0 Å². The zero-order chi connectivity index (χ0) is 14.8. The van der Waals surface area contributed by atoms with E-state index >= 15 is 0 Å². The van der Waals surface area contributed by atoms with E-state index < -0.39 is 0 Å². The van der Waals surface area contributed by atoms with E-state index in [9.17, 15) is 0 Å². The van der Waals surface area contributed by atoms with Crippen molar-refractivity contribution < 1.29 is 0 Å². The second kappa shape index (κ2) is 5.39. The quantitative estimate of drug-likeness (QED) is 0.388. The van der Waals surface area contributed by atoms with Crippen molar-refractivity contribution in [3.8, 4) is 11.8 Å². The Bertz CT molecular complexity index is 936. The Morgan fingerprint density at radius 1 is 0.545 bits per heavy atom. The first-order valence-electron chi connectivity index (χ1n) is 7.30. The second-order valence-corrected chi connectivity index (χ2v) is 5.23. The smallest absolute Gasteiger partial charge is 0.0333 e. The van der Waals surface area contributed by atoms with Gasteiger partial charge in [-0.15, -0.1) is 0 Å². The summed E-state index contributed by atoms with van der Waals surface area (Å²) in [4.78, 5) is 0. The van der Waals surface area contributed by atoms with Gasteiger partial charge in [-0.1, -0.05) is 72.5 Å². The molecule has 1 radical (unpaired) electrons. The molecule has 4 aromatic carbocycles. The van der Waals surface area contributed by atoms with Crippen LogP contribution in [0.4, 0.5) is 0 Å². The van der Waals surface area contributed by atoms with Crippen LogP contribution in [0.25, 0.3) is 21.5 Å². The fraction of sp³-hybridized carbons (Fsp3) is 0. The zero-order valence-electron chi connectivity index (χ0n) is 12.0. The van der Waals surface area contributed by atoms with Crippen LogP contribution in [-0.2, 0) is 0 Å². The van der Waals surface area contributed by atoms with E-state index in [-0.39, 0.29) is 0 Å². The molecular formula is C22H13. The first-order chi connectivity index (χ1) is 10.9. The van der Waals surface area contributed by atoms with Crippen LogP contribution in [-0.4, -0.2) is 0 Å². The fourth-order valence-corrected chi connectivity index (χ4v) is 2.73. The Morgan fingerprint density at radius 2 is 1.18 bits per heavy atom. The van der Waals surface area contributed by atoms with Crippen molar-refractivity contribution in [3.63, 3.8) is 0 Å². The van der Waals surface area contributed by atoms with Gasteiger partial charge in [0.25, 0.3) is 0 Å². The van der Waals surface area contributed by atoms with Crippen molar-refractivity contribution in [1.82, 2.24) is 0 Å². The number of hydrogen-bond donors (Lipinski definition) is 0. The highest BCUT2D eigenvalue weighted by atomic mass is 14.0. The Kier molecular flexibility index (Phi) is 3.11. The lowest BCUT2D eigenvalue weighted by molar-refractivity contribution is 1.67. The summed E-state index contributed by atoms with van der Waals surface area (Å²) in [5.41, 5.74) is 2.08. The molecule has 0 heteroatoms. The third-order valence-corrected chi connectivity index (χ3v) is 3.84. The molecule has 0 atom stereocenters. The van der Waals surface area contributed by atoms with Crippen LogP contribution in [0, 0.1) is 17.9 Å². The maximum absolute atomic E-state index is 3.33. The molecule has 0 amide bonds. The van der Waals surface area contributed by atoms with Gasteiger partial charge >= 0.3 is 0 Å². The summed E-state index contributed by atoms with van der Waals surface area (Å²) in [6, 6.07) is 30.0. The first kappa shape index (κ1) is 12.7. The molecule has 0 aromatic heterocycles. The van der Waals surface area contributed by atoms with E-state index in [2.05, 4.69) is 72.5 Å². The van der Waals surface area contributed by atoms with E-state index in [4.69, 9.17) is 0 Å². The maximum Gasteiger partial charge on any atom is 0.0333 e. The fourth-order valence-electron chi connectivity index (χ4n) is 2.73. The molecule has 0 spiro atoms. The molecule has 0 saturated heterocycles. The highest BCUT2D eigenvalue weighted by molar-refractivity contribution is 5.90. The van der Waals surface area contributed by atoms with Crippen LogP contribution in [0.1, 0.15) is 11.1 Å².